The number of aromatic nitrogens is 2. The molecule has 0 amide bonds. The van der Waals surface area contributed by atoms with Crippen LogP contribution in [-0.4, -0.2) is 9.13 Å². The van der Waals surface area contributed by atoms with E-state index in [0.717, 1.165) is 55.3 Å². The third-order valence-electron chi connectivity index (χ3n) is 9.84. The van der Waals surface area contributed by atoms with Crippen molar-refractivity contribution in [3.8, 4) is 45.8 Å². The Morgan fingerprint density at radius 3 is 1.29 bits per heavy atom. The van der Waals surface area contributed by atoms with Crippen LogP contribution in [0.3, 0.4) is 0 Å². The van der Waals surface area contributed by atoms with Crippen LogP contribution in [0.15, 0.2) is 146 Å². The minimum Gasteiger partial charge on any atom is -0.309 e. The van der Waals surface area contributed by atoms with Crippen molar-refractivity contribution in [3.05, 3.63) is 180 Å². The van der Waals surface area contributed by atoms with Gasteiger partial charge in [0.15, 0.2) is 11.4 Å². The number of nitriles is 2. The summed E-state index contributed by atoms with van der Waals surface area (Å²) in [5, 5.41) is 24.3. The van der Waals surface area contributed by atoms with Crippen molar-refractivity contribution in [3.63, 3.8) is 0 Å². The van der Waals surface area contributed by atoms with Crippen LogP contribution in [0.1, 0.15) is 11.1 Å². The highest BCUT2D eigenvalue weighted by molar-refractivity contribution is 6.13. The molecule has 0 fully saturated rings. The Labute approximate surface area is 299 Å². The second kappa shape index (κ2) is 11.9. The van der Waals surface area contributed by atoms with E-state index in [9.17, 15) is 10.5 Å². The fraction of sp³-hybridized carbons (Fsp3) is 0. The molecular weight excluding hydrogens is 637 g/mol. The summed E-state index contributed by atoms with van der Waals surface area (Å²) in [6, 6.07) is 52.5. The summed E-state index contributed by atoms with van der Waals surface area (Å²) in [7, 11) is 0. The number of para-hydroxylation sites is 2. The van der Waals surface area contributed by atoms with Crippen LogP contribution in [0.4, 0.5) is 11.4 Å². The molecule has 0 bridgehead atoms. The largest absolute Gasteiger partial charge is 0.309 e. The van der Waals surface area contributed by atoms with Gasteiger partial charge in [-0.2, -0.15) is 10.5 Å². The lowest BCUT2D eigenvalue weighted by atomic mass is 9.95. The van der Waals surface area contributed by atoms with Gasteiger partial charge in [0.1, 0.15) is 0 Å². The standard InChI is InChI=1S/C46H24N6/c1-49-39-16-7-10-31(27-47)45(39)29-20-22-43-37(24-29)38-25-30(46-32(28-48)11-8-17-40(46)50-2)21-23-44(38)52(43)34-13-9-12-33(26-34)51-41-18-5-3-14-35(41)36-15-4-6-19-42(36)51/h3-26H. The van der Waals surface area contributed by atoms with Gasteiger partial charge in [0.05, 0.1) is 47.3 Å². The van der Waals surface area contributed by atoms with E-state index in [1.165, 1.54) is 10.8 Å². The number of hydrogen-bond acceptors (Lipinski definition) is 2. The van der Waals surface area contributed by atoms with Gasteiger partial charge in [-0.05, 0) is 77.9 Å². The summed E-state index contributed by atoms with van der Waals surface area (Å²) in [5.74, 6) is 0. The highest BCUT2D eigenvalue weighted by Gasteiger charge is 2.20. The fourth-order valence-electron chi connectivity index (χ4n) is 7.64. The first kappa shape index (κ1) is 30.2. The normalized spacial score (nSPS) is 11.0. The summed E-state index contributed by atoms with van der Waals surface area (Å²) < 4.78 is 4.53. The first-order chi connectivity index (χ1) is 25.6. The first-order valence-corrected chi connectivity index (χ1v) is 16.6. The smallest absolute Gasteiger partial charge is 0.196 e. The van der Waals surface area contributed by atoms with E-state index in [2.05, 4.69) is 104 Å². The van der Waals surface area contributed by atoms with Crippen LogP contribution in [0.5, 0.6) is 0 Å². The summed E-state index contributed by atoms with van der Waals surface area (Å²) in [5.41, 5.74) is 10.5. The Kier molecular flexibility index (Phi) is 6.91. The van der Waals surface area contributed by atoms with Gasteiger partial charge in [0.2, 0.25) is 0 Å². The number of nitrogens with zero attached hydrogens (tertiary/aromatic N) is 6. The second-order valence-electron chi connectivity index (χ2n) is 12.5. The first-order valence-electron chi connectivity index (χ1n) is 16.6. The Hall–Kier alpha value is -7.90. The molecule has 0 aliphatic carbocycles. The molecule has 0 spiro atoms. The van der Waals surface area contributed by atoms with Crippen molar-refractivity contribution in [1.29, 1.82) is 10.5 Å². The third kappa shape index (κ3) is 4.47. The second-order valence-corrected chi connectivity index (χ2v) is 12.5. The Morgan fingerprint density at radius 2 is 0.846 bits per heavy atom. The van der Waals surface area contributed by atoms with Gasteiger partial charge < -0.3 is 9.13 Å². The van der Waals surface area contributed by atoms with E-state index in [4.69, 9.17) is 13.1 Å². The Balaban J connectivity index is 1.34. The number of benzene rings is 7. The van der Waals surface area contributed by atoms with Crippen LogP contribution >= 0.6 is 0 Å². The summed E-state index contributed by atoms with van der Waals surface area (Å²) in [6.45, 7) is 15.7. The molecule has 0 aliphatic rings. The predicted molar refractivity (Wildman–Crippen MR) is 208 cm³/mol. The average molecular weight is 661 g/mol. The Bertz CT molecular complexity index is 2880. The predicted octanol–water partition coefficient (Wildman–Crippen LogP) is 12.1. The lowest BCUT2D eigenvalue weighted by molar-refractivity contribution is 1.13. The zero-order valence-corrected chi connectivity index (χ0v) is 27.5. The molecule has 2 aromatic heterocycles. The quantitative estimate of drug-likeness (QED) is 0.176. The summed E-state index contributed by atoms with van der Waals surface area (Å²) >= 11 is 0. The molecule has 0 atom stereocenters. The average Bonchev–Trinajstić information content (AvgIpc) is 3.72. The maximum atomic E-state index is 10.0. The molecule has 7 aromatic carbocycles. The minimum absolute atomic E-state index is 0.409. The maximum Gasteiger partial charge on any atom is 0.196 e. The van der Waals surface area contributed by atoms with Gasteiger partial charge in [-0.25, -0.2) is 9.69 Å². The highest BCUT2D eigenvalue weighted by Crippen LogP contribution is 2.42. The van der Waals surface area contributed by atoms with Gasteiger partial charge in [-0.1, -0.05) is 78.9 Å². The SMILES string of the molecule is [C-]#[N+]c1cccc(C#N)c1-c1ccc2c(c1)c1cc(-c3c(C#N)cccc3[N+]#[C-])ccc1n2-c1cccc(-n2c3ccccc3c3ccccc32)c1. The van der Waals surface area contributed by atoms with Crippen molar-refractivity contribution in [1.82, 2.24) is 9.13 Å². The molecule has 0 radical (unpaired) electrons. The van der Waals surface area contributed by atoms with E-state index in [-0.39, 0.29) is 0 Å². The number of rotatable bonds is 4. The molecular formula is C46H24N6. The third-order valence-corrected chi connectivity index (χ3v) is 9.84. The van der Waals surface area contributed by atoms with Crippen molar-refractivity contribution < 1.29 is 0 Å². The molecule has 6 nitrogen and oxygen atoms in total. The summed E-state index contributed by atoms with van der Waals surface area (Å²) in [6.07, 6.45) is 0. The van der Waals surface area contributed by atoms with E-state index >= 15 is 0 Å². The van der Waals surface area contributed by atoms with Gasteiger partial charge >= 0.3 is 0 Å². The van der Waals surface area contributed by atoms with Gasteiger partial charge in [-0.15, -0.1) is 0 Å². The highest BCUT2D eigenvalue weighted by atomic mass is 15.0. The molecule has 6 heteroatoms. The molecule has 0 N–H and O–H groups in total. The fourth-order valence-corrected chi connectivity index (χ4v) is 7.64. The molecule has 9 aromatic rings. The van der Waals surface area contributed by atoms with Crippen LogP contribution in [-0.2, 0) is 0 Å². The van der Waals surface area contributed by atoms with Gasteiger partial charge in [0.25, 0.3) is 0 Å². The zero-order chi connectivity index (χ0) is 35.3. The number of fused-ring (bicyclic) bond motifs is 6. The van der Waals surface area contributed by atoms with Gasteiger partial charge in [-0.3, -0.25) is 0 Å². The molecule has 52 heavy (non-hydrogen) atoms. The topological polar surface area (TPSA) is 66.2 Å². The lowest BCUT2D eigenvalue weighted by Gasteiger charge is -2.13. The maximum absolute atomic E-state index is 10.0. The summed E-state index contributed by atoms with van der Waals surface area (Å²) in [4.78, 5) is 7.50. The lowest BCUT2D eigenvalue weighted by Crippen LogP contribution is -1.98. The van der Waals surface area contributed by atoms with E-state index in [1.54, 1.807) is 36.4 Å². The van der Waals surface area contributed by atoms with Crippen LogP contribution in [0, 0.1) is 35.8 Å². The monoisotopic (exact) mass is 660 g/mol. The molecule has 0 aliphatic heterocycles. The van der Waals surface area contributed by atoms with E-state index in [0.29, 0.717) is 33.6 Å². The van der Waals surface area contributed by atoms with Crippen molar-refractivity contribution in [2.45, 2.75) is 0 Å². The van der Waals surface area contributed by atoms with Crippen molar-refractivity contribution >= 4 is 55.0 Å². The zero-order valence-electron chi connectivity index (χ0n) is 27.5. The molecule has 9 rings (SSSR count). The van der Waals surface area contributed by atoms with Crippen molar-refractivity contribution in [2.75, 3.05) is 0 Å². The molecule has 238 valence electrons. The number of hydrogen-bond donors (Lipinski definition) is 0. The van der Waals surface area contributed by atoms with E-state index in [1.807, 2.05) is 36.4 Å². The Morgan fingerprint density at radius 1 is 0.423 bits per heavy atom. The van der Waals surface area contributed by atoms with Crippen LogP contribution in [0.25, 0.3) is 86.9 Å². The van der Waals surface area contributed by atoms with Crippen LogP contribution < -0.4 is 0 Å². The molecule has 2 heterocycles. The van der Waals surface area contributed by atoms with Crippen molar-refractivity contribution in [2.24, 2.45) is 0 Å². The van der Waals surface area contributed by atoms with E-state index < -0.39 is 0 Å². The molecule has 0 unspecified atom stereocenters. The molecule has 0 saturated carbocycles. The van der Waals surface area contributed by atoms with Crippen LogP contribution in [0.2, 0.25) is 0 Å². The van der Waals surface area contributed by atoms with Gasteiger partial charge in [0, 0.05) is 55.2 Å². The molecule has 0 saturated heterocycles. The minimum atomic E-state index is 0.409.